The van der Waals surface area contributed by atoms with Gasteiger partial charge in [-0.15, -0.1) is 0 Å². The third kappa shape index (κ3) is 4.09. The number of nitrogens with zero attached hydrogens (tertiary/aromatic N) is 3. The zero-order valence-corrected chi connectivity index (χ0v) is 15.2. The second-order valence-corrected chi connectivity index (χ2v) is 5.99. The number of anilines is 3. The van der Waals surface area contributed by atoms with Crippen molar-refractivity contribution in [3.05, 3.63) is 65.7 Å². The summed E-state index contributed by atoms with van der Waals surface area (Å²) in [6.07, 6.45) is 0. The lowest BCUT2D eigenvalue weighted by molar-refractivity contribution is 0.843. The van der Waals surface area contributed by atoms with Crippen LogP contribution in [-0.2, 0) is 0 Å². The van der Waals surface area contributed by atoms with Gasteiger partial charge in [0.15, 0.2) is 0 Å². The summed E-state index contributed by atoms with van der Waals surface area (Å²) in [5, 5.41) is 3.88. The van der Waals surface area contributed by atoms with Crippen molar-refractivity contribution in [1.82, 2.24) is 9.97 Å². The topological polar surface area (TPSA) is 41.1 Å². The Kier molecular flexibility index (Phi) is 5.51. The molecule has 0 saturated carbocycles. The molecule has 1 heterocycles. The highest BCUT2D eigenvalue weighted by atomic mass is 35.5. The molecule has 128 valence electrons. The summed E-state index contributed by atoms with van der Waals surface area (Å²) in [4.78, 5) is 11.6. The molecule has 0 spiro atoms. The van der Waals surface area contributed by atoms with Gasteiger partial charge in [0.05, 0.1) is 16.4 Å². The van der Waals surface area contributed by atoms with Crippen molar-refractivity contribution in [3.63, 3.8) is 0 Å². The van der Waals surface area contributed by atoms with Crippen LogP contribution in [0.2, 0.25) is 5.02 Å². The van der Waals surface area contributed by atoms with Crippen LogP contribution < -0.4 is 10.2 Å². The lowest BCUT2D eigenvalue weighted by Gasteiger charge is -2.21. The van der Waals surface area contributed by atoms with Crippen LogP contribution in [0.25, 0.3) is 11.3 Å². The monoisotopic (exact) mass is 352 g/mol. The average Bonchev–Trinajstić information content (AvgIpc) is 2.65. The van der Waals surface area contributed by atoms with Gasteiger partial charge in [0.25, 0.3) is 0 Å². The average molecular weight is 353 g/mol. The maximum atomic E-state index is 6.26. The van der Waals surface area contributed by atoms with Crippen LogP contribution in [0.5, 0.6) is 0 Å². The van der Waals surface area contributed by atoms with Crippen LogP contribution in [0, 0.1) is 0 Å². The first kappa shape index (κ1) is 17.2. The second-order valence-electron chi connectivity index (χ2n) is 5.58. The Morgan fingerprint density at radius 3 is 2.28 bits per heavy atom. The fourth-order valence-electron chi connectivity index (χ4n) is 2.64. The van der Waals surface area contributed by atoms with Gasteiger partial charge in [0, 0.05) is 24.7 Å². The van der Waals surface area contributed by atoms with E-state index in [0.29, 0.717) is 11.0 Å². The lowest BCUT2D eigenvalue weighted by atomic mass is 10.1. The summed E-state index contributed by atoms with van der Waals surface area (Å²) in [5.74, 6) is 1.43. The molecule has 0 radical (unpaired) electrons. The number of rotatable bonds is 6. The smallest absolute Gasteiger partial charge is 0.229 e. The van der Waals surface area contributed by atoms with Gasteiger partial charge in [0.2, 0.25) is 5.95 Å². The van der Waals surface area contributed by atoms with E-state index in [-0.39, 0.29) is 0 Å². The fraction of sp³-hybridized carbons (Fsp3) is 0.200. The lowest BCUT2D eigenvalue weighted by Crippen LogP contribution is -2.23. The van der Waals surface area contributed by atoms with Gasteiger partial charge in [0.1, 0.15) is 5.82 Å². The van der Waals surface area contributed by atoms with Crippen molar-refractivity contribution in [3.8, 4) is 11.3 Å². The molecule has 3 rings (SSSR count). The molecule has 0 aliphatic heterocycles. The van der Waals surface area contributed by atoms with E-state index in [1.807, 2.05) is 60.7 Å². The number of benzene rings is 2. The molecule has 0 aliphatic rings. The first-order valence-corrected chi connectivity index (χ1v) is 8.80. The largest absolute Gasteiger partial charge is 0.357 e. The minimum Gasteiger partial charge on any atom is -0.357 e. The number of para-hydroxylation sites is 1. The maximum absolute atomic E-state index is 6.26. The molecule has 25 heavy (non-hydrogen) atoms. The Labute approximate surface area is 153 Å². The second kappa shape index (κ2) is 7.99. The first-order valence-electron chi connectivity index (χ1n) is 8.42. The molecule has 0 amide bonds. The number of aromatic nitrogens is 2. The molecule has 0 atom stereocenters. The van der Waals surface area contributed by atoms with Gasteiger partial charge in [-0.25, -0.2) is 4.98 Å². The molecule has 1 aromatic heterocycles. The van der Waals surface area contributed by atoms with E-state index in [1.165, 1.54) is 0 Å². The molecule has 0 saturated heterocycles. The van der Waals surface area contributed by atoms with Crippen molar-refractivity contribution >= 4 is 29.1 Å². The van der Waals surface area contributed by atoms with Crippen molar-refractivity contribution in [2.45, 2.75) is 13.8 Å². The predicted molar refractivity (Wildman–Crippen MR) is 106 cm³/mol. The Hall–Kier alpha value is -2.59. The molecular weight excluding hydrogens is 332 g/mol. The van der Waals surface area contributed by atoms with Crippen molar-refractivity contribution < 1.29 is 0 Å². The van der Waals surface area contributed by atoms with E-state index in [2.05, 4.69) is 34.0 Å². The normalized spacial score (nSPS) is 10.5. The zero-order valence-electron chi connectivity index (χ0n) is 14.4. The zero-order chi connectivity index (χ0) is 17.6. The quantitative estimate of drug-likeness (QED) is 0.646. The van der Waals surface area contributed by atoms with Crippen molar-refractivity contribution in [1.29, 1.82) is 0 Å². The molecule has 0 fully saturated rings. The Morgan fingerprint density at radius 1 is 0.920 bits per heavy atom. The number of hydrogen-bond acceptors (Lipinski definition) is 4. The highest BCUT2D eigenvalue weighted by Crippen LogP contribution is 2.27. The van der Waals surface area contributed by atoms with Crippen molar-refractivity contribution in [2.24, 2.45) is 0 Å². The number of halogens is 1. The Morgan fingerprint density at radius 2 is 1.60 bits per heavy atom. The minimum atomic E-state index is 0.538. The molecule has 0 unspecified atom stereocenters. The van der Waals surface area contributed by atoms with Gasteiger partial charge in [-0.05, 0) is 26.0 Å². The maximum Gasteiger partial charge on any atom is 0.229 e. The first-order chi connectivity index (χ1) is 12.2. The highest BCUT2D eigenvalue weighted by Gasteiger charge is 2.11. The van der Waals surface area contributed by atoms with E-state index in [9.17, 15) is 0 Å². The third-order valence-electron chi connectivity index (χ3n) is 3.99. The molecule has 1 N–H and O–H groups in total. The SMILES string of the molecule is CCN(CC)c1cc(-c2ccccc2)nc(Nc2ccccc2Cl)n1. The Balaban J connectivity index is 2.05. The van der Waals surface area contributed by atoms with Crippen LogP contribution in [0.15, 0.2) is 60.7 Å². The molecule has 5 heteroatoms. The van der Waals surface area contributed by atoms with E-state index in [0.717, 1.165) is 35.9 Å². The van der Waals surface area contributed by atoms with E-state index < -0.39 is 0 Å². The summed E-state index contributed by atoms with van der Waals surface area (Å²) < 4.78 is 0. The van der Waals surface area contributed by atoms with Gasteiger partial charge >= 0.3 is 0 Å². The van der Waals surface area contributed by atoms with Gasteiger partial charge in [-0.2, -0.15) is 4.98 Å². The number of nitrogens with one attached hydrogen (secondary N) is 1. The molecule has 2 aromatic carbocycles. The standard InChI is InChI=1S/C20H21ClN4/c1-3-25(4-2)19-14-18(15-10-6-5-7-11-15)23-20(24-19)22-17-13-9-8-12-16(17)21/h5-14H,3-4H2,1-2H3,(H,22,23,24). The molecule has 0 bridgehead atoms. The Bertz CT molecular complexity index is 832. The third-order valence-corrected chi connectivity index (χ3v) is 4.32. The van der Waals surface area contributed by atoms with Gasteiger partial charge in [-0.1, -0.05) is 54.1 Å². The predicted octanol–water partition coefficient (Wildman–Crippen LogP) is 5.39. The number of hydrogen-bond donors (Lipinski definition) is 1. The molecule has 0 aliphatic carbocycles. The van der Waals surface area contributed by atoms with Crippen LogP contribution in [0.3, 0.4) is 0 Å². The summed E-state index contributed by atoms with van der Waals surface area (Å²) in [6, 6.07) is 19.7. The van der Waals surface area contributed by atoms with Crippen LogP contribution >= 0.6 is 11.6 Å². The van der Waals surface area contributed by atoms with E-state index in [1.54, 1.807) is 0 Å². The molecule has 4 nitrogen and oxygen atoms in total. The van der Waals surface area contributed by atoms with Crippen LogP contribution in [0.4, 0.5) is 17.5 Å². The summed E-state index contributed by atoms with van der Waals surface area (Å²) in [7, 11) is 0. The van der Waals surface area contributed by atoms with Gasteiger partial charge in [-0.3, -0.25) is 0 Å². The van der Waals surface area contributed by atoms with E-state index >= 15 is 0 Å². The van der Waals surface area contributed by atoms with Gasteiger partial charge < -0.3 is 10.2 Å². The fourth-order valence-corrected chi connectivity index (χ4v) is 2.82. The van der Waals surface area contributed by atoms with E-state index in [4.69, 9.17) is 11.6 Å². The minimum absolute atomic E-state index is 0.538. The summed E-state index contributed by atoms with van der Waals surface area (Å²) in [5.41, 5.74) is 2.73. The van der Waals surface area contributed by atoms with Crippen LogP contribution in [0.1, 0.15) is 13.8 Å². The van der Waals surface area contributed by atoms with Crippen molar-refractivity contribution in [2.75, 3.05) is 23.3 Å². The molecule has 3 aromatic rings. The summed E-state index contributed by atoms with van der Waals surface area (Å²) in [6.45, 7) is 6.00. The highest BCUT2D eigenvalue weighted by molar-refractivity contribution is 6.33. The van der Waals surface area contributed by atoms with Crippen LogP contribution in [-0.4, -0.2) is 23.1 Å². The molecular formula is C20H21ClN4. The summed E-state index contributed by atoms with van der Waals surface area (Å²) >= 11 is 6.26.